The second-order valence-corrected chi connectivity index (χ2v) is 4.35. The van der Waals surface area contributed by atoms with Crippen LogP contribution in [0.3, 0.4) is 0 Å². The minimum atomic E-state index is -0.209. The Morgan fingerprint density at radius 1 is 1.38 bits per heavy atom. The first-order valence-corrected chi connectivity index (χ1v) is 5.84. The van der Waals surface area contributed by atoms with E-state index in [4.69, 9.17) is 4.74 Å². The van der Waals surface area contributed by atoms with Gasteiger partial charge in [0.2, 0.25) is 0 Å². The van der Waals surface area contributed by atoms with Crippen molar-refractivity contribution in [3.8, 4) is 5.75 Å². The van der Waals surface area contributed by atoms with Crippen molar-refractivity contribution in [2.75, 3.05) is 7.05 Å². The van der Waals surface area contributed by atoms with Crippen molar-refractivity contribution in [1.29, 1.82) is 0 Å². The summed E-state index contributed by atoms with van der Waals surface area (Å²) < 4.78 is 19.0. The van der Waals surface area contributed by atoms with Gasteiger partial charge in [-0.05, 0) is 44.0 Å². The predicted molar refractivity (Wildman–Crippen MR) is 62.3 cm³/mol. The van der Waals surface area contributed by atoms with Crippen molar-refractivity contribution in [2.45, 2.75) is 38.3 Å². The maximum Gasteiger partial charge on any atom is 0.127 e. The first-order valence-electron chi connectivity index (χ1n) is 5.84. The van der Waals surface area contributed by atoms with E-state index in [9.17, 15) is 4.39 Å². The number of nitrogens with one attached hydrogen (secondary N) is 1. The molecule has 3 heteroatoms. The predicted octanol–water partition coefficient (Wildman–Crippen LogP) is 2.52. The monoisotopic (exact) mass is 223 g/mol. The highest BCUT2D eigenvalue weighted by atomic mass is 19.1. The van der Waals surface area contributed by atoms with Crippen LogP contribution in [0.1, 0.15) is 25.3 Å². The molecule has 1 saturated carbocycles. The summed E-state index contributed by atoms with van der Waals surface area (Å²) in [5.74, 6) is 0.454. The van der Waals surface area contributed by atoms with Crippen LogP contribution in [-0.2, 0) is 6.42 Å². The second-order valence-electron chi connectivity index (χ2n) is 4.35. The largest absolute Gasteiger partial charge is 0.490 e. The summed E-state index contributed by atoms with van der Waals surface area (Å²) in [6, 6.07) is 5.51. The van der Waals surface area contributed by atoms with Crippen LogP contribution in [0.25, 0.3) is 0 Å². The molecule has 0 saturated heterocycles. The molecular weight excluding hydrogens is 205 g/mol. The van der Waals surface area contributed by atoms with Crippen molar-refractivity contribution >= 4 is 0 Å². The maximum atomic E-state index is 13.2. The third-order valence-electron chi connectivity index (χ3n) is 3.15. The normalized spacial score (nSPS) is 23.9. The Balaban J connectivity index is 1.97. The summed E-state index contributed by atoms with van der Waals surface area (Å²) in [6.07, 6.45) is 3.09. The Morgan fingerprint density at radius 2 is 2.12 bits per heavy atom. The van der Waals surface area contributed by atoms with Crippen molar-refractivity contribution in [3.63, 3.8) is 0 Å². The highest BCUT2D eigenvalue weighted by Crippen LogP contribution is 2.27. The summed E-state index contributed by atoms with van der Waals surface area (Å²) in [5.41, 5.74) is 0.986. The molecule has 88 valence electrons. The van der Waals surface area contributed by atoms with Crippen LogP contribution in [0, 0.1) is 5.82 Å². The van der Waals surface area contributed by atoms with Crippen LogP contribution in [0.5, 0.6) is 5.75 Å². The van der Waals surface area contributed by atoms with E-state index in [1.54, 1.807) is 6.07 Å². The molecule has 1 N–H and O–H groups in total. The number of hydrogen-bond acceptors (Lipinski definition) is 2. The van der Waals surface area contributed by atoms with Gasteiger partial charge in [0.15, 0.2) is 0 Å². The second kappa shape index (κ2) is 4.83. The van der Waals surface area contributed by atoms with E-state index < -0.39 is 0 Å². The molecule has 1 aromatic carbocycles. The van der Waals surface area contributed by atoms with E-state index in [-0.39, 0.29) is 11.9 Å². The molecule has 1 aromatic rings. The third-order valence-corrected chi connectivity index (χ3v) is 3.15. The van der Waals surface area contributed by atoms with E-state index in [0.717, 1.165) is 24.8 Å². The van der Waals surface area contributed by atoms with Gasteiger partial charge in [0.1, 0.15) is 17.7 Å². The van der Waals surface area contributed by atoms with Crippen LogP contribution in [0.15, 0.2) is 18.2 Å². The molecule has 1 aliphatic rings. The molecule has 0 bridgehead atoms. The van der Waals surface area contributed by atoms with E-state index in [1.165, 1.54) is 6.07 Å². The highest BCUT2D eigenvalue weighted by Gasteiger charge is 2.29. The number of halogens is 1. The lowest BCUT2D eigenvalue weighted by molar-refractivity contribution is 0.0881. The summed E-state index contributed by atoms with van der Waals surface area (Å²) in [5, 5.41) is 3.20. The summed E-state index contributed by atoms with van der Waals surface area (Å²) >= 11 is 0. The first-order chi connectivity index (χ1) is 7.71. The first kappa shape index (κ1) is 11.4. The van der Waals surface area contributed by atoms with Crippen molar-refractivity contribution < 1.29 is 9.13 Å². The van der Waals surface area contributed by atoms with Gasteiger partial charge in [-0.25, -0.2) is 4.39 Å². The van der Waals surface area contributed by atoms with Gasteiger partial charge in [0.05, 0.1) is 0 Å². The van der Waals surface area contributed by atoms with E-state index in [1.807, 2.05) is 20.0 Å². The number of hydrogen-bond donors (Lipinski definition) is 1. The Kier molecular flexibility index (Phi) is 3.44. The summed E-state index contributed by atoms with van der Waals surface area (Å²) in [4.78, 5) is 0. The van der Waals surface area contributed by atoms with Gasteiger partial charge in [0, 0.05) is 12.1 Å². The number of aryl methyl sites for hydroxylation is 1. The molecule has 2 rings (SSSR count). The smallest absolute Gasteiger partial charge is 0.127 e. The fraction of sp³-hybridized carbons (Fsp3) is 0.538. The standard InChI is InChI=1S/C13H18FNO/c1-3-9-4-10(14)6-12(5-9)16-13-7-11(8-13)15-2/h4-6,11,13,15H,3,7-8H2,1-2H3/t11-,13+. The molecule has 1 fully saturated rings. The van der Waals surface area contributed by atoms with E-state index >= 15 is 0 Å². The zero-order chi connectivity index (χ0) is 11.5. The minimum Gasteiger partial charge on any atom is -0.490 e. The summed E-state index contributed by atoms with van der Waals surface area (Å²) in [6.45, 7) is 2.01. The average molecular weight is 223 g/mol. The summed E-state index contributed by atoms with van der Waals surface area (Å²) in [7, 11) is 1.96. The third kappa shape index (κ3) is 2.53. The average Bonchev–Trinajstić information content (AvgIpc) is 2.22. The molecule has 16 heavy (non-hydrogen) atoms. The molecular formula is C13H18FNO. The molecule has 1 aliphatic carbocycles. The zero-order valence-electron chi connectivity index (χ0n) is 9.79. The Hall–Kier alpha value is -1.09. The van der Waals surface area contributed by atoms with Gasteiger partial charge in [0.25, 0.3) is 0 Å². The molecule has 0 aromatic heterocycles. The molecule has 0 heterocycles. The van der Waals surface area contributed by atoms with Gasteiger partial charge < -0.3 is 10.1 Å². The zero-order valence-corrected chi connectivity index (χ0v) is 9.79. The molecule has 0 aliphatic heterocycles. The maximum absolute atomic E-state index is 13.2. The van der Waals surface area contributed by atoms with Gasteiger partial charge in [-0.1, -0.05) is 6.92 Å². The van der Waals surface area contributed by atoms with E-state index in [0.29, 0.717) is 11.8 Å². The molecule has 0 unspecified atom stereocenters. The van der Waals surface area contributed by atoms with E-state index in [2.05, 4.69) is 5.32 Å². The van der Waals surface area contributed by atoms with Gasteiger partial charge in [-0.3, -0.25) is 0 Å². The van der Waals surface area contributed by atoms with Crippen LogP contribution in [-0.4, -0.2) is 19.2 Å². The number of rotatable bonds is 4. The van der Waals surface area contributed by atoms with Crippen LogP contribution in [0.4, 0.5) is 4.39 Å². The Bertz CT molecular complexity index is 361. The molecule has 0 radical (unpaired) electrons. The topological polar surface area (TPSA) is 21.3 Å². The van der Waals surface area contributed by atoms with Gasteiger partial charge >= 0.3 is 0 Å². The van der Waals surface area contributed by atoms with Crippen molar-refractivity contribution in [2.24, 2.45) is 0 Å². The number of benzene rings is 1. The van der Waals surface area contributed by atoms with Crippen molar-refractivity contribution in [3.05, 3.63) is 29.6 Å². The quantitative estimate of drug-likeness (QED) is 0.847. The fourth-order valence-electron chi connectivity index (χ4n) is 1.98. The van der Waals surface area contributed by atoms with Gasteiger partial charge in [-0.2, -0.15) is 0 Å². The minimum absolute atomic E-state index is 0.209. The molecule has 2 nitrogen and oxygen atoms in total. The number of ether oxygens (including phenoxy) is 1. The van der Waals surface area contributed by atoms with Crippen LogP contribution < -0.4 is 10.1 Å². The molecule has 0 spiro atoms. The van der Waals surface area contributed by atoms with Gasteiger partial charge in [-0.15, -0.1) is 0 Å². The lowest BCUT2D eigenvalue weighted by Gasteiger charge is -2.35. The SMILES string of the molecule is CCc1cc(F)cc(O[C@H]2C[C@@H](NC)C2)c1. The Labute approximate surface area is 95.8 Å². The molecule has 0 atom stereocenters. The van der Waals surface area contributed by atoms with Crippen molar-refractivity contribution in [1.82, 2.24) is 5.32 Å². The molecule has 0 amide bonds. The van der Waals surface area contributed by atoms with Crippen LogP contribution >= 0.6 is 0 Å². The Morgan fingerprint density at radius 3 is 2.75 bits per heavy atom. The lowest BCUT2D eigenvalue weighted by atomic mass is 9.89. The van der Waals surface area contributed by atoms with Crippen LogP contribution in [0.2, 0.25) is 0 Å². The lowest BCUT2D eigenvalue weighted by Crippen LogP contribution is -2.45. The fourth-order valence-corrected chi connectivity index (χ4v) is 1.98. The highest BCUT2D eigenvalue weighted by molar-refractivity contribution is 5.30.